The third-order valence-corrected chi connectivity index (χ3v) is 2.07. The van der Waals surface area contributed by atoms with E-state index in [0.717, 1.165) is 5.69 Å². The van der Waals surface area contributed by atoms with Crippen LogP contribution >= 0.6 is 11.6 Å². The summed E-state index contributed by atoms with van der Waals surface area (Å²) in [5, 5.41) is 12.3. The lowest BCUT2D eigenvalue weighted by Crippen LogP contribution is -2.29. The highest BCUT2D eigenvalue weighted by Crippen LogP contribution is 2.31. The van der Waals surface area contributed by atoms with Gasteiger partial charge in [-0.05, 0) is 12.1 Å². The van der Waals surface area contributed by atoms with Gasteiger partial charge in [0, 0.05) is 11.1 Å². The van der Waals surface area contributed by atoms with Gasteiger partial charge in [0.15, 0.2) is 0 Å². The average Bonchev–Trinajstić information content (AvgIpc) is 2.16. The van der Waals surface area contributed by atoms with Gasteiger partial charge >= 0.3 is 0 Å². The molecule has 0 aliphatic carbocycles. The molecule has 0 bridgehead atoms. The molecule has 0 amide bonds. The molecule has 1 aliphatic heterocycles. The van der Waals surface area contributed by atoms with E-state index in [-0.39, 0.29) is 0 Å². The topological polar surface area (TPSA) is 45.0 Å². The highest BCUT2D eigenvalue weighted by Gasteiger charge is 2.18. The van der Waals surface area contributed by atoms with E-state index >= 15 is 0 Å². The molecular formula is C9H7ClN2O. The SMILES string of the molecule is N#CC1CNc2ccc(Cl)cc2O1. The summed E-state index contributed by atoms with van der Waals surface area (Å²) in [6.07, 6.45) is -0.425. The van der Waals surface area contributed by atoms with Crippen molar-refractivity contribution in [2.45, 2.75) is 6.10 Å². The van der Waals surface area contributed by atoms with E-state index in [1.807, 2.05) is 12.1 Å². The van der Waals surface area contributed by atoms with Gasteiger partial charge in [-0.2, -0.15) is 5.26 Å². The van der Waals surface area contributed by atoms with Crippen molar-refractivity contribution in [2.75, 3.05) is 11.9 Å². The summed E-state index contributed by atoms with van der Waals surface area (Å²) >= 11 is 5.78. The molecule has 1 heterocycles. The van der Waals surface area contributed by atoms with Crippen molar-refractivity contribution < 1.29 is 4.74 Å². The second kappa shape index (κ2) is 3.15. The third kappa shape index (κ3) is 1.53. The van der Waals surface area contributed by atoms with E-state index in [1.165, 1.54) is 0 Å². The van der Waals surface area contributed by atoms with E-state index in [2.05, 4.69) is 5.32 Å². The van der Waals surface area contributed by atoms with Gasteiger partial charge in [-0.1, -0.05) is 11.6 Å². The average molecular weight is 195 g/mol. The van der Waals surface area contributed by atoms with Crippen LogP contribution in [-0.4, -0.2) is 12.6 Å². The fraction of sp³-hybridized carbons (Fsp3) is 0.222. The van der Waals surface area contributed by atoms with E-state index in [1.54, 1.807) is 12.1 Å². The van der Waals surface area contributed by atoms with Crippen LogP contribution in [0.3, 0.4) is 0 Å². The van der Waals surface area contributed by atoms with Gasteiger partial charge in [-0.15, -0.1) is 0 Å². The zero-order chi connectivity index (χ0) is 9.26. The third-order valence-electron chi connectivity index (χ3n) is 1.83. The Bertz CT molecular complexity index is 372. The highest BCUT2D eigenvalue weighted by atomic mass is 35.5. The maximum Gasteiger partial charge on any atom is 0.201 e. The summed E-state index contributed by atoms with van der Waals surface area (Å²) in [6.45, 7) is 0.519. The second-order valence-electron chi connectivity index (χ2n) is 2.76. The quantitative estimate of drug-likeness (QED) is 0.688. The molecule has 66 valence electrons. The molecule has 1 atom stereocenters. The minimum absolute atomic E-state index is 0.425. The fourth-order valence-electron chi connectivity index (χ4n) is 1.21. The Balaban J connectivity index is 2.34. The lowest BCUT2D eigenvalue weighted by atomic mass is 10.2. The standard InChI is InChI=1S/C9H7ClN2O/c10-6-1-2-8-9(3-6)13-7(4-11)5-12-8/h1-3,7,12H,5H2. The van der Waals surface area contributed by atoms with E-state index in [4.69, 9.17) is 21.6 Å². The lowest BCUT2D eigenvalue weighted by Gasteiger charge is -2.22. The zero-order valence-electron chi connectivity index (χ0n) is 6.75. The zero-order valence-corrected chi connectivity index (χ0v) is 7.51. The van der Waals surface area contributed by atoms with Gasteiger partial charge in [0.25, 0.3) is 0 Å². The maximum atomic E-state index is 8.64. The van der Waals surface area contributed by atoms with Crippen LogP contribution in [0.5, 0.6) is 5.75 Å². The molecule has 0 saturated heterocycles. The molecular weight excluding hydrogens is 188 g/mol. The van der Waals surface area contributed by atoms with Crippen LogP contribution in [0.1, 0.15) is 0 Å². The number of hydrogen-bond donors (Lipinski definition) is 1. The highest BCUT2D eigenvalue weighted by molar-refractivity contribution is 6.30. The first-order chi connectivity index (χ1) is 6.29. The number of nitriles is 1. The molecule has 1 aromatic carbocycles. The van der Waals surface area contributed by atoms with Crippen molar-refractivity contribution in [2.24, 2.45) is 0 Å². The summed E-state index contributed by atoms with van der Waals surface area (Å²) in [5.41, 5.74) is 0.885. The number of benzene rings is 1. The van der Waals surface area contributed by atoms with Gasteiger partial charge in [0.1, 0.15) is 11.8 Å². The number of halogens is 1. The number of rotatable bonds is 0. The number of hydrogen-bond acceptors (Lipinski definition) is 3. The Morgan fingerprint density at radius 2 is 2.46 bits per heavy atom. The Kier molecular flexibility index (Phi) is 1.99. The lowest BCUT2D eigenvalue weighted by molar-refractivity contribution is 0.260. The maximum absolute atomic E-state index is 8.64. The summed E-state index contributed by atoms with van der Waals surface area (Å²) < 4.78 is 5.35. The fourth-order valence-corrected chi connectivity index (χ4v) is 1.37. The molecule has 0 aromatic heterocycles. The van der Waals surface area contributed by atoms with Crippen molar-refractivity contribution in [3.05, 3.63) is 23.2 Å². The van der Waals surface area contributed by atoms with Crippen LogP contribution in [0.15, 0.2) is 18.2 Å². The van der Waals surface area contributed by atoms with Crippen LogP contribution in [0, 0.1) is 11.3 Å². The van der Waals surface area contributed by atoms with E-state index in [0.29, 0.717) is 17.3 Å². The number of nitrogens with zero attached hydrogens (tertiary/aromatic N) is 1. The summed E-state index contributed by atoms with van der Waals surface area (Å²) in [7, 11) is 0. The summed E-state index contributed by atoms with van der Waals surface area (Å²) in [5.74, 6) is 0.644. The Morgan fingerprint density at radius 1 is 1.62 bits per heavy atom. The summed E-state index contributed by atoms with van der Waals surface area (Å²) in [4.78, 5) is 0. The number of nitrogens with one attached hydrogen (secondary N) is 1. The van der Waals surface area contributed by atoms with Crippen LogP contribution in [0.2, 0.25) is 5.02 Å². The molecule has 2 rings (SSSR count). The van der Waals surface area contributed by atoms with Crippen molar-refractivity contribution >= 4 is 17.3 Å². The first kappa shape index (κ1) is 8.21. The molecule has 3 nitrogen and oxygen atoms in total. The minimum Gasteiger partial charge on any atom is -0.471 e. The monoisotopic (exact) mass is 194 g/mol. The predicted octanol–water partition coefficient (Wildman–Crippen LogP) is 2.04. The van der Waals surface area contributed by atoms with Gasteiger partial charge in [0.2, 0.25) is 6.10 Å². The molecule has 1 aliphatic rings. The Labute approximate surface area is 80.9 Å². The van der Waals surface area contributed by atoms with Gasteiger partial charge in [0.05, 0.1) is 12.2 Å². The molecule has 1 aromatic rings. The number of ether oxygens (including phenoxy) is 1. The molecule has 0 saturated carbocycles. The minimum atomic E-state index is -0.425. The van der Waals surface area contributed by atoms with Gasteiger partial charge in [-0.3, -0.25) is 0 Å². The predicted molar refractivity (Wildman–Crippen MR) is 50.0 cm³/mol. The van der Waals surface area contributed by atoms with Crippen LogP contribution in [0.25, 0.3) is 0 Å². The van der Waals surface area contributed by atoms with Crippen molar-refractivity contribution in [3.63, 3.8) is 0 Å². The Hall–Kier alpha value is -1.40. The van der Waals surface area contributed by atoms with E-state index in [9.17, 15) is 0 Å². The molecule has 0 spiro atoms. The van der Waals surface area contributed by atoms with Crippen molar-refractivity contribution in [3.8, 4) is 11.8 Å². The smallest absolute Gasteiger partial charge is 0.201 e. The van der Waals surface area contributed by atoms with Crippen LogP contribution in [0.4, 0.5) is 5.69 Å². The molecule has 13 heavy (non-hydrogen) atoms. The number of anilines is 1. The van der Waals surface area contributed by atoms with Crippen LogP contribution < -0.4 is 10.1 Å². The summed E-state index contributed by atoms with van der Waals surface area (Å²) in [6, 6.07) is 7.36. The van der Waals surface area contributed by atoms with Gasteiger partial charge in [-0.25, -0.2) is 0 Å². The molecule has 4 heteroatoms. The van der Waals surface area contributed by atoms with Crippen molar-refractivity contribution in [1.82, 2.24) is 0 Å². The second-order valence-corrected chi connectivity index (χ2v) is 3.19. The molecule has 0 fully saturated rings. The molecule has 1 unspecified atom stereocenters. The van der Waals surface area contributed by atoms with Crippen LogP contribution in [-0.2, 0) is 0 Å². The van der Waals surface area contributed by atoms with Gasteiger partial charge < -0.3 is 10.1 Å². The largest absolute Gasteiger partial charge is 0.471 e. The first-order valence-electron chi connectivity index (χ1n) is 3.89. The van der Waals surface area contributed by atoms with E-state index < -0.39 is 6.10 Å². The molecule has 1 N–H and O–H groups in total. The first-order valence-corrected chi connectivity index (χ1v) is 4.27. The number of fused-ring (bicyclic) bond motifs is 1. The van der Waals surface area contributed by atoms with Crippen molar-refractivity contribution in [1.29, 1.82) is 5.26 Å². The Morgan fingerprint density at radius 3 is 3.23 bits per heavy atom. The molecule has 0 radical (unpaired) electrons. The normalized spacial score (nSPS) is 19.2.